The Bertz CT molecular complexity index is 1280. The summed E-state index contributed by atoms with van der Waals surface area (Å²) >= 11 is 1.60. The fourth-order valence-corrected chi connectivity index (χ4v) is 5.72. The van der Waals surface area contributed by atoms with E-state index in [-0.39, 0.29) is 23.9 Å². The highest BCUT2D eigenvalue weighted by molar-refractivity contribution is 7.18. The van der Waals surface area contributed by atoms with E-state index in [0.29, 0.717) is 28.9 Å². The first-order valence-corrected chi connectivity index (χ1v) is 11.4. The molecule has 1 aromatic carbocycles. The molecule has 0 saturated heterocycles. The number of benzene rings is 1. The highest BCUT2D eigenvalue weighted by Crippen LogP contribution is 2.35. The van der Waals surface area contributed by atoms with Crippen LogP contribution < -0.4 is 15.2 Å². The smallest absolute Gasteiger partial charge is 0.265 e. The van der Waals surface area contributed by atoms with E-state index in [0.717, 1.165) is 36.1 Å². The van der Waals surface area contributed by atoms with Crippen LogP contribution in [0.25, 0.3) is 10.2 Å². The number of carbonyl (C=O) groups excluding carboxylic acids is 2. The number of aromatic nitrogens is 2. The topological polar surface area (TPSA) is 81.5 Å². The number of thiophene rings is 1. The Morgan fingerprint density at radius 3 is 2.87 bits per heavy atom. The molecule has 1 aliphatic carbocycles. The molecule has 31 heavy (non-hydrogen) atoms. The molecule has 0 fully saturated rings. The lowest BCUT2D eigenvalue weighted by Gasteiger charge is -2.28. The van der Waals surface area contributed by atoms with Gasteiger partial charge in [0.15, 0.2) is 12.4 Å². The maximum Gasteiger partial charge on any atom is 0.265 e. The summed E-state index contributed by atoms with van der Waals surface area (Å²) in [6.45, 7) is 4.09. The minimum atomic E-state index is -0.711. The summed E-state index contributed by atoms with van der Waals surface area (Å²) in [5, 5.41) is 0.670. The van der Waals surface area contributed by atoms with Gasteiger partial charge >= 0.3 is 0 Å². The Balaban J connectivity index is 1.53. The molecule has 1 amide bonds. The van der Waals surface area contributed by atoms with Crippen LogP contribution in [-0.4, -0.2) is 34.4 Å². The third-order valence-corrected chi connectivity index (χ3v) is 7.40. The van der Waals surface area contributed by atoms with Crippen LogP contribution >= 0.6 is 11.3 Å². The number of likely N-dealkylation sites (N-methyl/N-ethyl adjacent to an activating group) is 1. The van der Waals surface area contributed by atoms with Crippen molar-refractivity contribution < 1.29 is 14.3 Å². The molecule has 0 radical (unpaired) electrons. The van der Waals surface area contributed by atoms with E-state index in [2.05, 4.69) is 4.98 Å². The minimum Gasteiger partial charge on any atom is -0.482 e. The van der Waals surface area contributed by atoms with Crippen molar-refractivity contribution in [1.82, 2.24) is 9.55 Å². The van der Waals surface area contributed by atoms with Gasteiger partial charge in [-0.1, -0.05) is 0 Å². The zero-order chi connectivity index (χ0) is 21.7. The Hall–Kier alpha value is -3.00. The lowest BCUT2D eigenvalue weighted by atomic mass is 9.97. The van der Waals surface area contributed by atoms with E-state index in [9.17, 15) is 14.4 Å². The Kier molecular flexibility index (Phi) is 4.89. The van der Waals surface area contributed by atoms with E-state index in [1.54, 1.807) is 41.4 Å². The molecule has 1 aliphatic heterocycles. The van der Waals surface area contributed by atoms with E-state index in [1.165, 1.54) is 15.8 Å². The van der Waals surface area contributed by atoms with Gasteiger partial charge in [-0.3, -0.25) is 19.0 Å². The van der Waals surface area contributed by atoms with Crippen molar-refractivity contribution in [3.8, 4) is 5.75 Å². The predicted octanol–water partition coefficient (Wildman–Crippen LogP) is 3.53. The van der Waals surface area contributed by atoms with Gasteiger partial charge in [-0.15, -0.1) is 11.3 Å². The second-order valence-corrected chi connectivity index (χ2v) is 9.08. The van der Waals surface area contributed by atoms with E-state index >= 15 is 0 Å². The van der Waals surface area contributed by atoms with Crippen molar-refractivity contribution >= 4 is 38.9 Å². The van der Waals surface area contributed by atoms with Crippen LogP contribution in [0.2, 0.25) is 0 Å². The number of hydrogen-bond acceptors (Lipinski definition) is 6. The van der Waals surface area contributed by atoms with Gasteiger partial charge in [-0.05, 0) is 63.3 Å². The number of Topliss-reactive ketones (excluding diaryl/α,β-unsaturated/α-hetero) is 1. The van der Waals surface area contributed by atoms with E-state index < -0.39 is 6.04 Å². The van der Waals surface area contributed by atoms with Gasteiger partial charge in [0.25, 0.3) is 11.5 Å². The number of fused-ring (bicyclic) bond motifs is 4. The molecule has 0 spiro atoms. The van der Waals surface area contributed by atoms with Gasteiger partial charge in [-0.2, -0.15) is 0 Å². The second-order valence-electron chi connectivity index (χ2n) is 8.00. The number of aryl methyl sites for hydroxylation is 2. The maximum atomic E-state index is 13.3. The average Bonchev–Trinajstić information content (AvgIpc) is 3.17. The average molecular weight is 438 g/mol. The van der Waals surface area contributed by atoms with Crippen molar-refractivity contribution in [3.05, 3.63) is 50.9 Å². The molecule has 1 unspecified atom stereocenters. The van der Waals surface area contributed by atoms with Gasteiger partial charge in [0, 0.05) is 17.0 Å². The predicted molar refractivity (Wildman–Crippen MR) is 120 cm³/mol. The monoisotopic (exact) mass is 437 g/mol. The van der Waals surface area contributed by atoms with Crippen LogP contribution in [0.5, 0.6) is 5.75 Å². The zero-order valence-electron chi connectivity index (χ0n) is 17.5. The second kappa shape index (κ2) is 7.60. The van der Waals surface area contributed by atoms with Crippen LogP contribution in [0.1, 0.15) is 53.5 Å². The van der Waals surface area contributed by atoms with Crippen LogP contribution in [0.4, 0.5) is 5.69 Å². The molecule has 0 bridgehead atoms. The first-order chi connectivity index (χ1) is 15.0. The lowest BCUT2D eigenvalue weighted by Crippen LogP contribution is -2.38. The molecule has 3 heterocycles. The normalized spacial score (nSPS) is 16.6. The van der Waals surface area contributed by atoms with Crippen LogP contribution in [-0.2, 0) is 17.6 Å². The van der Waals surface area contributed by atoms with E-state index in [4.69, 9.17) is 4.74 Å². The summed E-state index contributed by atoms with van der Waals surface area (Å²) in [6.07, 6.45) is 5.59. The molecular formula is C23H23N3O4S. The lowest BCUT2D eigenvalue weighted by molar-refractivity contribution is -0.121. The highest BCUT2D eigenvalue weighted by Gasteiger charge is 2.28. The van der Waals surface area contributed by atoms with Crippen molar-refractivity contribution in [2.24, 2.45) is 0 Å². The molecule has 2 aliphatic rings. The number of ether oxygens (including phenoxy) is 1. The molecule has 5 rings (SSSR count). The Morgan fingerprint density at radius 2 is 2.06 bits per heavy atom. The first kappa shape index (κ1) is 19.9. The first-order valence-electron chi connectivity index (χ1n) is 10.6. The van der Waals surface area contributed by atoms with Crippen molar-refractivity contribution in [2.75, 3.05) is 18.1 Å². The fourth-order valence-electron chi connectivity index (χ4n) is 4.50. The molecule has 1 atom stereocenters. The van der Waals surface area contributed by atoms with Crippen molar-refractivity contribution in [2.45, 2.75) is 45.6 Å². The number of carbonyl (C=O) groups is 2. The summed E-state index contributed by atoms with van der Waals surface area (Å²) in [6, 6.07) is 4.36. The van der Waals surface area contributed by atoms with Crippen molar-refractivity contribution in [3.63, 3.8) is 0 Å². The molecule has 3 aromatic rings. The zero-order valence-corrected chi connectivity index (χ0v) is 18.3. The van der Waals surface area contributed by atoms with Crippen LogP contribution in [0.3, 0.4) is 0 Å². The van der Waals surface area contributed by atoms with E-state index in [1.807, 2.05) is 6.92 Å². The number of anilines is 1. The highest BCUT2D eigenvalue weighted by atomic mass is 32.1. The van der Waals surface area contributed by atoms with Gasteiger partial charge in [0.05, 0.1) is 23.4 Å². The van der Waals surface area contributed by atoms with Crippen LogP contribution in [0, 0.1) is 0 Å². The molecule has 7 nitrogen and oxygen atoms in total. The summed E-state index contributed by atoms with van der Waals surface area (Å²) in [4.78, 5) is 46.9. The summed E-state index contributed by atoms with van der Waals surface area (Å²) in [5.74, 6) is 0.237. The Morgan fingerprint density at radius 1 is 1.26 bits per heavy atom. The number of hydrogen-bond donors (Lipinski definition) is 0. The number of rotatable bonds is 4. The number of nitrogens with zero attached hydrogens (tertiary/aromatic N) is 3. The third-order valence-electron chi connectivity index (χ3n) is 6.20. The molecule has 0 saturated carbocycles. The van der Waals surface area contributed by atoms with Crippen molar-refractivity contribution in [1.29, 1.82) is 0 Å². The fraction of sp³-hybridized carbons (Fsp3) is 0.391. The summed E-state index contributed by atoms with van der Waals surface area (Å²) < 4.78 is 6.93. The summed E-state index contributed by atoms with van der Waals surface area (Å²) in [5.41, 5.74) is 1.98. The molecule has 160 valence electrons. The maximum absolute atomic E-state index is 13.3. The Labute approximate surface area is 183 Å². The standard InChI is InChI=1S/C23H23N3O4S/c1-3-25-16-10-14(8-9-17(16)30-11-19(25)27)21(28)13(2)26-12-24-22-20(23(26)29)15-6-4-5-7-18(15)31-22/h8-10,12-13H,3-7,11H2,1-2H3. The number of amides is 1. The quantitative estimate of drug-likeness (QED) is 0.584. The molecule has 2 aromatic heterocycles. The number of ketones is 1. The van der Waals surface area contributed by atoms with Gasteiger partial charge in [0.1, 0.15) is 10.6 Å². The third kappa shape index (κ3) is 3.17. The van der Waals surface area contributed by atoms with Gasteiger partial charge < -0.3 is 9.64 Å². The molecule has 8 heteroatoms. The largest absolute Gasteiger partial charge is 0.482 e. The SMILES string of the molecule is CCN1C(=O)COc2ccc(C(=O)C(C)n3cnc4sc5c(c4c3=O)CCCC5)cc21. The van der Waals surface area contributed by atoms with Gasteiger partial charge in [-0.25, -0.2) is 4.98 Å². The van der Waals surface area contributed by atoms with Crippen LogP contribution in [0.15, 0.2) is 29.3 Å². The molecule has 0 N–H and O–H groups in total. The summed E-state index contributed by atoms with van der Waals surface area (Å²) in [7, 11) is 0. The minimum absolute atomic E-state index is 0.00340. The van der Waals surface area contributed by atoms with Gasteiger partial charge in [0.2, 0.25) is 0 Å². The molecular weight excluding hydrogens is 414 g/mol.